The van der Waals surface area contributed by atoms with Crippen molar-refractivity contribution in [1.29, 1.82) is 0 Å². The molecule has 0 bridgehead atoms. The van der Waals surface area contributed by atoms with Gasteiger partial charge in [0.05, 0.1) is 6.54 Å². The van der Waals surface area contributed by atoms with Crippen LogP contribution in [0, 0.1) is 26.7 Å². The highest BCUT2D eigenvalue weighted by Crippen LogP contribution is 2.31. The number of benzene rings is 2. The molecular formula is C21H25N3O2. The van der Waals surface area contributed by atoms with E-state index in [1.807, 2.05) is 51.1 Å². The van der Waals surface area contributed by atoms with Crippen LogP contribution in [0.4, 0.5) is 17.1 Å². The molecule has 1 saturated carbocycles. The van der Waals surface area contributed by atoms with E-state index in [0.717, 1.165) is 35.3 Å². The summed E-state index contributed by atoms with van der Waals surface area (Å²) in [4.78, 5) is 24.3. The van der Waals surface area contributed by atoms with Crippen LogP contribution in [0.2, 0.25) is 0 Å². The van der Waals surface area contributed by atoms with Crippen LogP contribution >= 0.6 is 0 Å². The van der Waals surface area contributed by atoms with Crippen molar-refractivity contribution >= 4 is 28.9 Å². The molecule has 2 aromatic carbocycles. The summed E-state index contributed by atoms with van der Waals surface area (Å²) in [5, 5.41) is 9.04. The van der Waals surface area contributed by atoms with Crippen LogP contribution in [-0.4, -0.2) is 18.4 Å². The van der Waals surface area contributed by atoms with Gasteiger partial charge < -0.3 is 16.0 Å². The van der Waals surface area contributed by atoms with Gasteiger partial charge in [-0.2, -0.15) is 0 Å². The minimum Gasteiger partial charge on any atom is -0.376 e. The summed E-state index contributed by atoms with van der Waals surface area (Å²) >= 11 is 0. The Morgan fingerprint density at radius 2 is 1.65 bits per heavy atom. The zero-order valence-corrected chi connectivity index (χ0v) is 15.5. The van der Waals surface area contributed by atoms with E-state index in [0.29, 0.717) is 5.69 Å². The molecule has 0 heterocycles. The maximum absolute atomic E-state index is 12.3. The lowest BCUT2D eigenvalue weighted by molar-refractivity contribution is -0.117. The van der Waals surface area contributed by atoms with E-state index in [-0.39, 0.29) is 24.3 Å². The molecule has 26 heavy (non-hydrogen) atoms. The molecule has 3 rings (SSSR count). The molecule has 0 atom stereocenters. The van der Waals surface area contributed by atoms with Crippen molar-refractivity contribution in [2.45, 2.75) is 33.6 Å². The molecule has 136 valence electrons. The molecule has 0 radical (unpaired) electrons. The molecule has 0 unspecified atom stereocenters. The first-order valence-corrected chi connectivity index (χ1v) is 8.95. The van der Waals surface area contributed by atoms with E-state index in [2.05, 4.69) is 22.0 Å². The first-order valence-electron chi connectivity index (χ1n) is 8.95. The van der Waals surface area contributed by atoms with Gasteiger partial charge in [0.2, 0.25) is 11.8 Å². The second-order valence-electron chi connectivity index (χ2n) is 6.96. The molecule has 1 aliphatic carbocycles. The molecule has 0 saturated heterocycles. The lowest BCUT2D eigenvalue weighted by Crippen LogP contribution is -2.23. The van der Waals surface area contributed by atoms with Crippen molar-refractivity contribution in [3.8, 4) is 0 Å². The Morgan fingerprint density at radius 1 is 0.962 bits per heavy atom. The van der Waals surface area contributed by atoms with Gasteiger partial charge in [-0.05, 0) is 62.9 Å². The molecular weight excluding hydrogens is 326 g/mol. The van der Waals surface area contributed by atoms with Gasteiger partial charge in [-0.3, -0.25) is 9.59 Å². The van der Waals surface area contributed by atoms with Gasteiger partial charge in [-0.1, -0.05) is 23.8 Å². The predicted octanol–water partition coefficient (Wildman–Crippen LogP) is 4.01. The number of rotatable bonds is 6. The zero-order valence-electron chi connectivity index (χ0n) is 15.5. The molecule has 1 aliphatic rings. The molecule has 1 fully saturated rings. The number of hydrogen-bond acceptors (Lipinski definition) is 3. The quantitative estimate of drug-likeness (QED) is 0.736. The molecule has 5 heteroatoms. The van der Waals surface area contributed by atoms with E-state index in [1.54, 1.807) is 0 Å². The largest absolute Gasteiger partial charge is 0.376 e. The summed E-state index contributed by atoms with van der Waals surface area (Å²) in [6, 6.07) is 11.6. The summed E-state index contributed by atoms with van der Waals surface area (Å²) in [6.07, 6.45) is 1.93. The second kappa shape index (κ2) is 7.60. The second-order valence-corrected chi connectivity index (χ2v) is 6.96. The Balaban J connectivity index is 1.60. The minimum atomic E-state index is -0.126. The van der Waals surface area contributed by atoms with Crippen LogP contribution in [-0.2, 0) is 9.59 Å². The number of nitrogens with one attached hydrogen (secondary N) is 3. The van der Waals surface area contributed by atoms with E-state index < -0.39 is 0 Å². The summed E-state index contributed by atoms with van der Waals surface area (Å²) in [5.74, 6) is 0.0847. The van der Waals surface area contributed by atoms with Gasteiger partial charge in [0, 0.05) is 23.0 Å². The Hall–Kier alpha value is -2.82. The van der Waals surface area contributed by atoms with Crippen LogP contribution in [0.1, 0.15) is 29.5 Å². The maximum atomic E-state index is 12.3. The van der Waals surface area contributed by atoms with Crippen LogP contribution < -0.4 is 16.0 Å². The fourth-order valence-electron chi connectivity index (χ4n) is 2.87. The highest BCUT2D eigenvalue weighted by Gasteiger charge is 2.29. The van der Waals surface area contributed by atoms with Gasteiger partial charge >= 0.3 is 0 Å². The monoisotopic (exact) mass is 351 g/mol. The van der Waals surface area contributed by atoms with Crippen LogP contribution in [0.3, 0.4) is 0 Å². The first kappa shape index (κ1) is 18.0. The number of carbonyl (C=O) groups is 2. The topological polar surface area (TPSA) is 70.2 Å². The summed E-state index contributed by atoms with van der Waals surface area (Å²) in [5.41, 5.74) is 5.58. The number of carbonyl (C=O) groups excluding carboxylic acids is 2. The standard InChI is InChI=1S/C21H25N3O2/c1-13-7-10-17(14(2)11-13)22-12-20(25)23-18-5-4-6-19(15(18)3)24-21(26)16-8-9-16/h4-7,10-11,16,22H,8-9,12H2,1-3H3,(H,23,25)(H,24,26). The van der Waals surface area contributed by atoms with Crippen molar-refractivity contribution in [2.24, 2.45) is 5.92 Å². The van der Waals surface area contributed by atoms with Crippen LogP contribution in [0.5, 0.6) is 0 Å². The molecule has 0 aliphatic heterocycles. The molecule has 2 amide bonds. The van der Waals surface area contributed by atoms with Gasteiger partial charge in [0.25, 0.3) is 0 Å². The normalized spacial score (nSPS) is 13.2. The van der Waals surface area contributed by atoms with E-state index in [1.165, 1.54) is 5.56 Å². The number of anilines is 3. The van der Waals surface area contributed by atoms with E-state index in [9.17, 15) is 9.59 Å². The average Bonchev–Trinajstić information content (AvgIpc) is 3.43. The summed E-state index contributed by atoms with van der Waals surface area (Å²) in [7, 11) is 0. The Morgan fingerprint density at radius 3 is 2.31 bits per heavy atom. The van der Waals surface area contributed by atoms with Crippen LogP contribution in [0.15, 0.2) is 36.4 Å². The Kier molecular flexibility index (Phi) is 5.26. The Labute approximate surface area is 154 Å². The van der Waals surface area contributed by atoms with Crippen LogP contribution in [0.25, 0.3) is 0 Å². The third-order valence-corrected chi connectivity index (χ3v) is 4.64. The molecule has 0 aromatic heterocycles. The predicted molar refractivity (Wildman–Crippen MR) is 106 cm³/mol. The van der Waals surface area contributed by atoms with Crippen molar-refractivity contribution in [3.63, 3.8) is 0 Å². The number of amides is 2. The van der Waals surface area contributed by atoms with Crippen molar-refractivity contribution < 1.29 is 9.59 Å². The molecule has 3 N–H and O–H groups in total. The SMILES string of the molecule is Cc1ccc(NCC(=O)Nc2cccc(NC(=O)C3CC3)c2C)c(C)c1. The highest BCUT2D eigenvalue weighted by atomic mass is 16.2. The first-order chi connectivity index (χ1) is 12.4. The average molecular weight is 351 g/mol. The third-order valence-electron chi connectivity index (χ3n) is 4.64. The van der Waals surface area contributed by atoms with Crippen molar-refractivity contribution in [3.05, 3.63) is 53.1 Å². The van der Waals surface area contributed by atoms with E-state index in [4.69, 9.17) is 0 Å². The minimum absolute atomic E-state index is 0.0630. The zero-order chi connectivity index (χ0) is 18.7. The Bertz CT molecular complexity index is 841. The smallest absolute Gasteiger partial charge is 0.243 e. The maximum Gasteiger partial charge on any atom is 0.243 e. The fraction of sp³-hybridized carbons (Fsp3) is 0.333. The van der Waals surface area contributed by atoms with Gasteiger partial charge in [-0.25, -0.2) is 0 Å². The van der Waals surface area contributed by atoms with E-state index >= 15 is 0 Å². The van der Waals surface area contributed by atoms with Gasteiger partial charge in [0.1, 0.15) is 0 Å². The number of hydrogen-bond donors (Lipinski definition) is 3. The summed E-state index contributed by atoms with van der Waals surface area (Å²) < 4.78 is 0. The van der Waals surface area contributed by atoms with Crippen molar-refractivity contribution in [1.82, 2.24) is 0 Å². The van der Waals surface area contributed by atoms with Gasteiger partial charge in [-0.15, -0.1) is 0 Å². The third kappa shape index (κ3) is 4.42. The lowest BCUT2D eigenvalue weighted by Gasteiger charge is -2.14. The summed E-state index contributed by atoms with van der Waals surface area (Å²) in [6.45, 7) is 6.14. The lowest BCUT2D eigenvalue weighted by atomic mass is 10.1. The number of aryl methyl sites for hydroxylation is 2. The molecule has 0 spiro atoms. The van der Waals surface area contributed by atoms with Crippen molar-refractivity contribution in [2.75, 3.05) is 22.5 Å². The molecule has 5 nitrogen and oxygen atoms in total. The fourth-order valence-corrected chi connectivity index (χ4v) is 2.87. The highest BCUT2D eigenvalue weighted by molar-refractivity contribution is 5.98. The van der Waals surface area contributed by atoms with Gasteiger partial charge in [0.15, 0.2) is 0 Å². The molecule has 2 aromatic rings.